The highest BCUT2D eigenvalue weighted by Gasteiger charge is 2.45. The number of hydrogen-bond donors (Lipinski definition) is 2. The summed E-state index contributed by atoms with van der Waals surface area (Å²) in [6.07, 6.45) is 2.89. The smallest absolute Gasteiger partial charge is 0.223 e. The summed E-state index contributed by atoms with van der Waals surface area (Å²) in [6.45, 7) is 3.30. The van der Waals surface area contributed by atoms with E-state index in [1.165, 1.54) is 6.07 Å². The number of piperidine rings is 1. The Balaban J connectivity index is 1.37. The molecular formula is C18H24F2N2O2. The molecule has 24 heavy (non-hydrogen) atoms. The molecule has 1 saturated carbocycles. The molecule has 2 unspecified atom stereocenters. The average Bonchev–Trinajstić information content (AvgIpc) is 3.36. The first-order valence-corrected chi connectivity index (χ1v) is 8.67. The van der Waals surface area contributed by atoms with Gasteiger partial charge in [-0.2, -0.15) is 0 Å². The molecule has 1 aliphatic heterocycles. The summed E-state index contributed by atoms with van der Waals surface area (Å²) < 4.78 is 26.9. The fourth-order valence-electron chi connectivity index (χ4n) is 3.42. The van der Waals surface area contributed by atoms with Crippen molar-refractivity contribution in [2.24, 2.45) is 5.92 Å². The van der Waals surface area contributed by atoms with Gasteiger partial charge in [-0.15, -0.1) is 0 Å². The first-order chi connectivity index (χ1) is 11.5. The number of nitrogens with zero attached hydrogens (tertiary/aromatic N) is 1. The standard InChI is InChI=1S/C18H24F2N2O2/c19-12-2-3-17(20)15(10-12)14-11-16(14)18(24)21-6-1-7-22-8-4-13(23)5-9-22/h2-3,10,13-14,16,23H,1,4-9,11H2,(H,21,24). The Kier molecular flexibility index (Phi) is 5.46. The summed E-state index contributed by atoms with van der Waals surface area (Å²) in [5.41, 5.74) is 0.307. The Labute approximate surface area is 140 Å². The van der Waals surface area contributed by atoms with Crippen molar-refractivity contribution in [2.75, 3.05) is 26.2 Å². The van der Waals surface area contributed by atoms with Gasteiger partial charge < -0.3 is 15.3 Å². The third-order valence-corrected chi connectivity index (χ3v) is 4.99. The van der Waals surface area contributed by atoms with Crippen LogP contribution in [0, 0.1) is 17.6 Å². The highest BCUT2D eigenvalue weighted by Crippen LogP contribution is 2.48. The van der Waals surface area contributed by atoms with E-state index in [1.807, 2.05) is 0 Å². The fraction of sp³-hybridized carbons (Fsp3) is 0.611. The maximum atomic E-state index is 13.7. The highest BCUT2D eigenvalue weighted by molar-refractivity contribution is 5.82. The van der Waals surface area contributed by atoms with Crippen molar-refractivity contribution in [1.82, 2.24) is 10.2 Å². The number of amides is 1. The van der Waals surface area contributed by atoms with Crippen LogP contribution >= 0.6 is 0 Å². The molecule has 2 atom stereocenters. The summed E-state index contributed by atoms with van der Waals surface area (Å²) >= 11 is 0. The molecule has 0 spiro atoms. The summed E-state index contributed by atoms with van der Waals surface area (Å²) in [6, 6.07) is 3.40. The maximum Gasteiger partial charge on any atom is 0.223 e. The lowest BCUT2D eigenvalue weighted by Gasteiger charge is -2.29. The monoisotopic (exact) mass is 338 g/mol. The second-order valence-corrected chi connectivity index (χ2v) is 6.83. The summed E-state index contributed by atoms with van der Waals surface area (Å²) in [4.78, 5) is 14.4. The SMILES string of the molecule is O=C(NCCCN1CCC(O)CC1)C1CC1c1cc(F)ccc1F. The van der Waals surface area contributed by atoms with Crippen molar-refractivity contribution >= 4 is 5.91 Å². The van der Waals surface area contributed by atoms with Crippen molar-refractivity contribution in [1.29, 1.82) is 0 Å². The number of halogens is 2. The van der Waals surface area contributed by atoms with E-state index in [0.717, 1.165) is 51.0 Å². The molecule has 4 nitrogen and oxygen atoms in total. The Morgan fingerprint density at radius 3 is 2.79 bits per heavy atom. The van der Waals surface area contributed by atoms with Crippen LogP contribution in [0.5, 0.6) is 0 Å². The fourth-order valence-corrected chi connectivity index (χ4v) is 3.42. The van der Waals surface area contributed by atoms with E-state index in [4.69, 9.17) is 0 Å². The zero-order valence-electron chi connectivity index (χ0n) is 13.7. The number of aliphatic hydroxyl groups is 1. The van der Waals surface area contributed by atoms with Crippen LogP contribution in [0.25, 0.3) is 0 Å². The van der Waals surface area contributed by atoms with E-state index in [-0.39, 0.29) is 23.8 Å². The van der Waals surface area contributed by atoms with Crippen LogP contribution < -0.4 is 5.32 Å². The van der Waals surface area contributed by atoms with Crippen molar-refractivity contribution < 1.29 is 18.7 Å². The van der Waals surface area contributed by atoms with Gasteiger partial charge in [0.15, 0.2) is 0 Å². The predicted molar refractivity (Wildman–Crippen MR) is 86.5 cm³/mol. The molecule has 1 aliphatic carbocycles. The lowest BCUT2D eigenvalue weighted by atomic mass is 10.1. The Hall–Kier alpha value is -1.53. The Morgan fingerprint density at radius 1 is 1.29 bits per heavy atom. The lowest BCUT2D eigenvalue weighted by molar-refractivity contribution is -0.122. The van der Waals surface area contributed by atoms with Gasteiger partial charge >= 0.3 is 0 Å². The van der Waals surface area contributed by atoms with Crippen LogP contribution in [-0.4, -0.2) is 48.2 Å². The largest absolute Gasteiger partial charge is 0.393 e. The number of hydrogen-bond acceptors (Lipinski definition) is 3. The van der Waals surface area contributed by atoms with Crippen LogP contribution in [0.2, 0.25) is 0 Å². The lowest BCUT2D eigenvalue weighted by Crippen LogP contribution is -2.37. The van der Waals surface area contributed by atoms with E-state index in [1.54, 1.807) is 0 Å². The van der Waals surface area contributed by atoms with Gasteiger partial charge in [0.1, 0.15) is 11.6 Å². The molecule has 1 aromatic rings. The van der Waals surface area contributed by atoms with Gasteiger partial charge in [0.05, 0.1) is 6.10 Å². The molecule has 1 aromatic carbocycles. The van der Waals surface area contributed by atoms with Crippen molar-refractivity contribution in [3.8, 4) is 0 Å². The number of benzene rings is 1. The van der Waals surface area contributed by atoms with Gasteiger partial charge in [-0.25, -0.2) is 8.78 Å². The zero-order chi connectivity index (χ0) is 17.1. The summed E-state index contributed by atoms with van der Waals surface area (Å²) in [5.74, 6) is -1.43. The van der Waals surface area contributed by atoms with E-state index in [2.05, 4.69) is 10.2 Å². The van der Waals surface area contributed by atoms with Crippen LogP contribution in [0.3, 0.4) is 0 Å². The maximum absolute atomic E-state index is 13.7. The third-order valence-electron chi connectivity index (χ3n) is 4.99. The molecule has 3 rings (SSSR count). The summed E-state index contributed by atoms with van der Waals surface area (Å²) in [5, 5.41) is 12.4. The number of likely N-dealkylation sites (tertiary alicyclic amines) is 1. The summed E-state index contributed by atoms with van der Waals surface area (Å²) in [7, 11) is 0. The molecular weight excluding hydrogens is 314 g/mol. The molecule has 1 saturated heterocycles. The molecule has 1 heterocycles. The Bertz CT molecular complexity index is 588. The average molecular weight is 338 g/mol. The van der Waals surface area contributed by atoms with Crippen molar-refractivity contribution in [2.45, 2.75) is 37.7 Å². The molecule has 2 N–H and O–H groups in total. The van der Waals surface area contributed by atoms with Crippen LogP contribution in [0.4, 0.5) is 8.78 Å². The predicted octanol–water partition coefficient (Wildman–Crippen LogP) is 2.03. The van der Waals surface area contributed by atoms with E-state index in [0.29, 0.717) is 18.5 Å². The second-order valence-electron chi connectivity index (χ2n) is 6.83. The van der Waals surface area contributed by atoms with Crippen LogP contribution in [0.1, 0.15) is 37.2 Å². The molecule has 0 radical (unpaired) electrons. The normalized spacial score (nSPS) is 24.8. The highest BCUT2D eigenvalue weighted by atomic mass is 19.1. The minimum absolute atomic E-state index is 0.0715. The van der Waals surface area contributed by atoms with Crippen LogP contribution in [-0.2, 0) is 4.79 Å². The molecule has 1 amide bonds. The van der Waals surface area contributed by atoms with Crippen molar-refractivity contribution in [3.05, 3.63) is 35.4 Å². The second kappa shape index (κ2) is 7.57. The first-order valence-electron chi connectivity index (χ1n) is 8.67. The Morgan fingerprint density at radius 2 is 2.04 bits per heavy atom. The van der Waals surface area contributed by atoms with Gasteiger partial charge in [-0.3, -0.25) is 4.79 Å². The molecule has 2 aliphatic rings. The molecule has 0 aromatic heterocycles. The number of carbonyl (C=O) groups excluding carboxylic acids is 1. The van der Waals surface area contributed by atoms with E-state index >= 15 is 0 Å². The minimum atomic E-state index is -0.468. The number of aliphatic hydroxyl groups excluding tert-OH is 1. The van der Waals surface area contributed by atoms with Crippen LogP contribution in [0.15, 0.2) is 18.2 Å². The number of rotatable bonds is 6. The molecule has 6 heteroatoms. The van der Waals surface area contributed by atoms with Gasteiger partial charge in [-0.1, -0.05) is 0 Å². The molecule has 132 valence electrons. The van der Waals surface area contributed by atoms with Crippen molar-refractivity contribution in [3.63, 3.8) is 0 Å². The minimum Gasteiger partial charge on any atom is -0.393 e. The van der Waals surface area contributed by atoms with E-state index in [9.17, 15) is 18.7 Å². The third kappa shape index (κ3) is 4.30. The van der Waals surface area contributed by atoms with Gasteiger partial charge in [-0.05, 0) is 61.9 Å². The molecule has 0 bridgehead atoms. The van der Waals surface area contributed by atoms with Gasteiger partial charge in [0.25, 0.3) is 0 Å². The topological polar surface area (TPSA) is 52.6 Å². The number of nitrogens with one attached hydrogen (secondary N) is 1. The van der Waals surface area contributed by atoms with E-state index < -0.39 is 11.6 Å². The quantitative estimate of drug-likeness (QED) is 0.781. The number of carbonyl (C=O) groups is 1. The first kappa shape index (κ1) is 17.3. The van der Waals surface area contributed by atoms with Gasteiger partial charge in [0, 0.05) is 25.6 Å². The van der Waals surface area contributed by atoms with Gasteiger partial charge in [0.2, 0.25) is 5.91 Å². The molecule has 2 fully saturated rings. The zero-order valence-corrected chi connectivity index (χ0v) is 13.7.